The summed E-state index contributed by atoms with van der Waals surface area (Å²) in [5.41, 5.74) is 0.854. The van der Waals surface area contributed by atoms with Gasteiger partial charge in [0.2, 0.25) is 0 Å². The van der Waals surface area contributed by atoms with Crippen molar-refractivity contribution in [2.24, 2.45) is 0 Å². The van der Waals surface area contributed by atoms with Crippen molar-refractivity contribution < 1.29 is 4.79 Å². The molecule has 3 rings (SSSR count). The van der Waals surface area contributed by atoms with Crippen LogP contribution in [-0.4, -0.2) is 45.6 Å². The molecule has 1 unspecified atom stereocenters. The molecule has 1 atom stereocenters. The summed E-state index contributed by atoms with van der Waals surface area (Å²) < 4.78 is 4.00. The Labute approximate surface area is 130 Å². The molecule has 0 radical (unpaired) electrons. The van der Waals surface area contributed by atoms with Gasteiger partial charge in [-0.15, -0.1) is 5.10 Å². The van der Waals surface area contributed by atoms with Gasteiger partial charge in [-0.3, -0.25) is 4.79 Å². The quantitative estimate of drug-likeness (QED) is 0.907. The molecule has 2 aliphatic rings. The van der Waals surface area contributed by atoms with Gasteiger partial charge in [-0.2, -0.15) is 0 Å². The molecule has 0 spiro atoms. The van der Waals surface area contributed by atoms with Crippen molar-refractivity contribution >= 4 is 17.4 Å². The first kappa shape index (κ1) is 14.9. The number of nitrogens with zero attached hydrogens (tertiary/aromatic N) is 3. The molecule has 0 aromatic carbocycles. The summed E-state index contributed by atoms with van der Waals surface area (Å²) in [7, 11) is 0. The largest absolute Gasteiger partial charge is 0.333 e. The molecule has 2 fully saturated rings. The number of carbonyl (C=O) groups is 1. The summed E-state index contributed by atoms with van der Waals surface area (Å²) in [5, 5.41) is 7.70. The van der Waals surface area contributed by atoms with Gasteiger partial charge >= 0.3 is 0 Å². The molecule has 21 heavy (non-hydrogen) atoms. The van der Waals surface area contributed by atoms with Crippen LogP contribution in [0.1, 0.15) is 67.2 Å². The number of piperidine rings is 1. The minimum absolute atomic E-state index is 0.142. The van der Waals surface area contributed by atoms with Crippen molar-refractivity contribution in [3.63, 3.8) is 0 Å². The highest BCUT2D eigenvalue weighted by Crippen LogP contribution is 2.31. The fourth-order valence-electron chi connectivity index (χ4n) is 2.96. The van der Waals surface area contributed by atoms with Crippen LogP contribution in [0.25, 0.3) is 0 Å². The van der Waals surface area contributed by atoms with E-state index in [4.69, 9.17) is 0 Å². The van der Waals surface area contributed by atoms with E-state index in [1.54, 1.807) is 0 Å². The van der Waals surface area contributed by atoms with Crippen molar-refractivity contribution in [3.05, 3.63) is 10.6 Å². The summed E-state index contributed by atoms with van der Waals surface area (Å²) in [5.74, 6) is 0.389. The Morgan fingerprint density at radius 2 is 2.19 bits per heavy atom. The number of rotatable bonds is 5. The van der Waals surface area contributed by atoms with E-state index in [1.807, 2.05) is 0 Å². The molecule has 1 aliphatic carbocycles. The fourth-order valence-corrected chi connectivity index (χ4v) is 3.73. The number of hydrogen-bond donors (Lipinski definition) is 1. The Hall–Kier alpha value is -1.01. The zero-order chi connectivity index (χ0) is 14.8. The summed E-state index contributed by atoms with van der Waals surface area (Å²) in [6.07, 6.45) is 5.98. The van der Waals surface area contributed by atoms with Crippen molar-refractivity contribution in [3.8, 4) is 0 Å². The SMILES string of the molecule is CC(C)c1nnsc1C(=O)N(CC1CCCCN1)C1CC1. The van der Waals surface area contributed by atoms with Crippen LogP contribution in [0.2, 0.25) is 0 Å². The molecule has 2 heterocycles. The minimum Gasteiger partial charge on any atom is -0.333 e. The smallest absolute Gasteiger partial charge is 0.267 e. The van der Waals surface area contributed by atoms with E-state index in [9.17, 15) is 4.79 Å². The highest BCUT2D eigenvalue weighted by molar-refractivity contribution is 7.08. The topological polar surface area (TPSA) is 58.1 Å². The Bertz CT molecular complexity index is 492. The lowest BCUT2D eigenvalue weighted by atomic mass is 10.0. The van der Waals surface area contributed by atoms with Crippen molar-refractivity contribution in [2.75, 3.05) is 13.1 Å². The predicted octanol–water partition coefficient (Wildman–Crippen LogP) is 2.41. The van der Waals surface area contributed by atoms with Gasteiger partial charge in [0.1, 0.15) is 4.88 Å². The second kappa shape index (κ2) is 6.40. The standard InChI is InChI=1S/C15H24N4OS/c1-10(2)13-14(21-18-17-13)15(20)19(12-6-7-12)9-11-5-3-4-8-16-11/h10-12,16H,3-9H2,1-2H3. The lowest BCUT2D eigenvalue weighted by Gasteiger charge is -2.30. The monoisotopic (exact) mass is 308 g/mol. The number of aromatic nitrogens is 2. The van der Waals surface area contributed by atoms with Gasteiger partial charge < -0.3 is 10.2 Å². The van der Waals surface area contributed by atoms with Crippen molar-refractivity contribution in [2.45, 2.75) is 64.0 Å². The van der Waals surface area contributed by atoms with E-state index >= 15 is 0 Å². The average Bonchev–Trinajstić information content (AvgIpc) is 3.20. The van der Waals surface area contributed by atoms with Crippen LogP contribution < -0.4 is 5.32 Å². The fraction of sp³-hybridized carbons (Fsp3) is 0.800. The van der Waals surface area contributed by atoms with Gasteiger partial charge in [0.05, 0.1) is 5.69 Å². The van der Waals surface area contributed by atoms with Crippen molar-refractivity contribution in [1.29, 1.82) is 0 Å². The van der Waals surface area contributed by atoms with Crippen molar-refractivity contribution in [1.82, 2.24) is 19.8 Å². The van der Waals surface area contributed by atoms with Crippen LogP contribution in [0.4, 0.5) is 0 Å². The third-order valence-corrected chi connectivity index (χ3v) is 5.06. The first-order chi connectivity index (χ1) is 10.2. The van der Waals surface area contributed by atoms with Gasteiger partial charge in [0.15, 0.2) is 0 Å². The molecular formula is C15H24N4OS. The van der Waals surface area contributed by atoms with Crippen LogP contribution in [0.3, 0.4) is 0 Å². The molecular weight excluding hydrogens is 284 g/mol. The molecule has 5 nitrogen and oxygen atoms in total. The predicted molar refractivity (Wildman–Crippen MR) is 83.7 cm³/mol. The highest BCUT2D eigenvalue weighted by atomic mass is 32.1. The maximum atomic E-state index is 12.9. The zero-order valence-corrected chi connectivity index (χ0v) is 13.7. The maximum Gasteiger partial charge on any atom is 0.267 e. The molecule has 0 bridgehead atoms. The van der Waals surface area contributed by atoms with E-state index < -0.39 is 0 Å². The van der Waals surface area contributed by atoms with Crippen LogP contribution in [0, 0.1) is 0 Å². The maximum absolute atomic E-state index is 12.9. The molecule has 1 saturated heterocycles. The van der Waals surface area contributed by atoms with Crippen LogP contribution in [0.15, 0.2) is 0 Å². The third kappa shape index (κ3) is 3.43. The molecule has 1 aliphatic heterocycles. The average molecular weight is 308 g/mol. The normalized spacial score (nSPS) is 22.5. The Morgan fingerprint density at radius 1 is 1.38 bits per heavy atom. The van der Waals surface area contributed by atoms with E-state index in [-0.39, 0.29) is 11.8 Å². The first-order valence-corrected chi connectivity index (χ1v) is 8.80. The van der Waals surface area contributed by atoms with Crippen LogP contribution in [0.5, 0.6) is 0 Å². The van der Waals surface area contributed by atoms with Gasteiger partial charge in [0.25, 0.3) is 5.91 Å². The van der Waals surface area contributed by atoms with E-state index in [2.05, 4.69) is 33.7 Å². The van der Waals surface area contributed by atoms with E-state index in [1.165, 1.54) is 30.8 Å². The Balaban J connectivity index is 1.73. The summed E-state index contributed by atoms with van der Waals surface area (Å²) >= 11 is 1.25. The Kier molecular flexibility index (Phi) is 4.54. The number of hydrogen-bond acceptors (Lipinski definition) is 5. The zero-order valence-electron chi connectivity index (χ0n) is 12.8. The van der Waals surface area contributed by atoms with E-state index in [0.717, 1.165) is 36.5 Å². The summed E-state index contributed by atoms with van der Waals surface area (Å²) in [6.45, 7) is 6.05. The third-order valence-electron chi connectivity index (χ3n) is 4.33. The molecule has 1 saturated carbocycles. The molecule has 6 heteroatoms. The summed E-state index contributed by atoms with van der Waals surface area (Å²) in [4.78, 5) is 15.7. The summed E-state index contributed by atoms with van der Waals surface area (Å²) in [6, 6.07) is 0.884. The van der Waals surface area contributed by atoms with Crippen LogP contribution in [-0.2, 0) is 0 Å². The first-order valence-electron chi connectivity index (χ1n) is 8.03. The molecule has 1 aromatic heterocycles. The van der Waals surface area contributed by atoms with Gasteiger partial charge in [0, 0.05) is 18.6 Å². The van der Waals surface area contributed by atoms with Crippen LogP contribution >= 0.6 is 11.5 Å². The van der Waals surface area contributed by atoms with E-state index in [0.29, 0.717) is 12.1 Å². The van der Waals surface area contributed by atoms with Gasteiger partial charge in [-0.05, 0) is 49.7 Å². The highest BCUT2D eigenvalue weighted by Gasteiger charge is 2.36. The van der Waals surface area contributed by atoms with Gasteiger partial charge in [-0.25, -0.2) is 0 Å². The second-order valence-electron chi connectivity index (χ2n) is 6.48. The lowest BCUT2D eigenvalue weighted by Crippen LogP contribution is -2.46. The second-order valence-corrected chi connectivity index (χ2v) is 7.23. The number of carbonyl (C=O) groups excluding carboxylic acids is 1. The number of amides is 1. The molecule has 1 amide bonds. The number of nitrogens with one attached hydrogen (secondary N) is 1. The molecule has 1 N–H and O–H groups in total. The minimum atomic E-state index is 0.142. The Morgan fingerprint density at radius 3 is 2.81 bits per heavy atom. The van der Waals surface area contributed by atoms with Gasteiger partial charge in [-0.1, -0.05) is 24.8 Å². The molecule has 116 valence electrons. The lowest BCUT2D eigenvalue weighted by molar-refractivity contribution is 0.0721. The molecule has 1 aromatic rings.